The number of carbonyl (C=O) groups is 2. The molecule has 0 bridgehead atoms. The Morgan fingerprint density at radius 2 is 1.46 bits per heavy atom. The van der Waals surface area contributed by atoms with Gasteiger partial charge in [0.05, 0.1) is 13.2 Å². The minimum atomic E-state index is -1.70. The molecule has 0 radical (unpaired) electrons. The van der Waals surface area contributed by atoms with Crippen LogP contribution >= 0.6 is 11.6 Å². The van der Waals surface area contributed by atoms with Crippen LogP contribution in [0.25, 0.3) is 21.9 Å². The number of esters is 2. The summed E-state index contributed by atoms with van der Waals surface area (Å²) in [4.78, 5) is 27.4. The van der Waals surface area contributed by atoms with Gasteiger partial charge in [0.1, 0.15) is 0 Å². The van der Waals surface area contributed by atoms with Crippen molar-refractivity contribution >= 4 is 34.3 Å². The van der Waals surface area contributed by atoms with E-state index in [2.05, 4.69) is 12.1 Å². The monoisotopic (exact) mass is 484 g/mol. The van der Waals surface area contributed by atoms with Gasteiger partial charge in [-0.1, -0.05) is 72.3 Å². The molecule has 0 aliphatic heterocycles. The van der Waals surface area contributed by atoms with E-state index in [9.17, 15) is 9.59 Å². The Kier molecular flexibility index (Phi) is 6.08. The number of carbonyl (C=O) groups excluding carboxylic acids is 2. The van der Waals surface area contributed by atoms with Crippen molar-refractivity contribution in [2.75, 3.05) is 13.2 Å². The van der Waals surface area contributed by atoms with Gasteiger partial charge in [-0.2, -0.15) is 0 Å². The summed E-state index contributed by atoms with van der Waals surface area (Å²) in [6.45, 7) is 3.78. The number of ether oxygens (including phenoxy) is 2. The second-order valence-corrected chi connectivity index (χ2v) is 8.98. The van der Waals surface area contributed by atoms with Gasteiger partial charge in [-0.25, -0.2) is 0 Å². The summed E-state index contributed by atoms with van der Waals surface area (Å²) in [5.74, 6) is -1.24. The predicted molar refractivity (Wildman–Crippen MR) is 138 cm³/mol. The Bertz CT molecular complexity index is 1420. The summed E-state index contributed by atoms with van der Waals surface area (Å²) in [7, 11) is 0. The summed E-state index contributed by atoms with van der Waals surface area (Å²) in [6, 6.07) is 25.3. The van der Waals surface area contributed by atoms with Crippen molar-refractivity contribution in [2.24, 2.45) is 0 Å². The van der Waals surface area contributed by atoms with E-state index < -0.39 is 17.4 Å². The molecule has 0 fully saturated rings. The first-order valence-corrected chi connectivity index (χ1v) is 12.1. The molecule has 5 rings (SSSR count). The van der Waals surface area contributed by atoms with Crippen LogP contribution in [0, 0.1) is 0 Å². The number of rotatable bonds is 6. The van der Waals surface area contributed by atoms with Gasteiger partial charge < -0.3 is 9.47 Å². The molecule has 5 heteroatoms. The van der Waals surface area contributed by atoms with Crippen molar-refractivity contribution in [3.63, 3.8) is 0 Å². The predicted octanol–water partition coefficient (Wildman–Crippen LogP) is 6.48. The quantitative estimate of drug-likeness (QED) is 0.232. The molecule has 1 aliphatic rings. The number of hydrogen-bond donors (Lipinski definition) is 0. The van der Waals surface area contributed by atoms with Gasteiger partial charge in [-0.05, 0) is 82.6 Å². The molecule has 4 aromatic rings. The number of halogens is 1. The Morgan fingerprint density at radius 3 is 2.14 bits per heavy atom. The van der Waals surface area contributed by atoms with Gasteiger partial charge in [-0.15, -0.1) is 0 Å². The third-order valence-corrected chi connectivity index (χ3v) is 6.84. The lowest BCUT2D eigenvalue weighted by Gasteiger charge is -2.27. The smallest absolute Gasteiger partial charge is 0.332 e. The zero-order chi connectivity index (χ0) is 24.6. The summed E-state index contributed by atoms with van der Waals surface area (Å²) < 4.78 is 11.1. The van der Waals surface area contributed by atoms with E-state index in [1.165, 1.54) is 0 Å². The van der Waals surface area contributed by atoms with Gasteiger partial charge in [0, 0.05) is 5.02 Å². The first kappa shape index (κ1) is 23.1. The maximum atomic E-state index is 13.7. The van der Waals surface area contributed by atoms with Crippen molar-refractivity contribution < 1.29 is 19.1 Å². The highest BCUT2D eigenvalue weighted by atomic mass is 35.5. The highest BCUT2D eigenvalue weighted by Crippen LogP contribution is 2.53. The average molecular weight is 485 g/mol. The van der Waals surface area contributed by atoms with E-state index in [4.69, 9.17) is 21.1 Å². The fraction of sp³-hybridized carbons (Fsp3) is 0.200. The minimum absolute atomic E-state index is 0.150. The molecule has 0 amide bonds. The van der Waals surface area contributed by atoms with E-state index >= 15 is 0 Å². The summed E-state index contributed by atoms with van der Waals surface area (Å²) in [5, 5.41) is 2.50. The second kappa shape index (κ2) is 9.20. The van der Waals surface area contributed by atoms with E-state index in [1.54, 1.807) is 13.8 Å². The van der Waals surface area contributed by atoms with Crippen LogP contribution in [0.2, 0.25) is 5.02 Å². The fourth-order valence-corrected chi connectivity index (χ4v) is 5.37. The SMILES string of the molecule is CCOC(=O)C1(C(=O)OCC)c2ccccc2-c2c1cc1ccc(Cl)cc1c2Cc1ccccc1. The molecule has 176 valence electrons. The standard InChI is InChI=1S/C30H25ClO4/c1-3-34-28(32)30(29(33)35-4-2)25-13-9-8-12-22(25)27-24(16-19-10-6-5-7-11-19)23-18-21(31)15-14-20(23)17-26(27)30/h5-15,17-18H,3-4,16H2,1-2H3. The lowest BCUT2D eigenvalue weighted by Crippen LogP contribution is -2.45. The Morgan fingerprint density at radius 1 is 0.800 bits per heavy atom. The van der Waals surface area contributed by atoms with Crippen LogP contribution in [0.5, 0.6) is 0 Å². The van der Waals surface area contributed by atoms with Gasteiger partial charge >= 0.3 is 11.9 Å². The molecular weight excluding hydrogens is 460 g/mol. The van der Waals surface area contributed by atoms with Crippen molar-refractivity contribution in [1.82, 2.24) is 0 Å². The van der Waals surface area contributed by atoms with E-state index in [0.29, 0.717) is 22.6 Å². The van der Waals surface area contributed by atoms with Crippen LogP contribution < -0.4 is 0 Å². The molecule has 4 aromatic carbocycles. The number of benzene rings is 4. The lowest BCUT2D eigenvalue weighted by atomic mass is 9.77. The van der Waals surface area contributed by atoms with Gasteiger partial charge in [-0.3, -0.25) is 9.59 Å². The van der Waals surface area contributed by atoms with Crippen molar-refractivity contribution in [3.8, 4) is 11.1 Å². The van der Waals surface area contributed by atoms with E-state index in [1.807, 2.05) is 66.7 Å². The summed E-state index contributed by atoms with van der Waals surface area (Å²) >= 11 is 6.44. The van der Waals surface area contributed by atoms with Crippen molar-refractivity contribution in [3.05, 3.63) is 106 Å². The fourth-order valence-electron chi connectivity index (χ4n) is 5.20. The molecule has 0 N–H and O–H groups in total. The van der Waals surface area contributed by atoms with Gasteiger partial charge in [0.25, 0.3) is 0 Å². The van der Waals surface area contributed by atoms with E-state index in [-0.39, 0.29) is 13.2 Å². The molecule has 1 aliphatic carbocycles. The third kappa shape index (κ3) is 3.60. The maximum absolute atomic E-state index is 13.7. The third-order valence-electron chi connectivity index (χ3n) is 6.60. The second-order valence-electron chi connectivity index (χ2n) is 8.54. The van der Waals surface area contributed by atoms with Crippen molar-refractivity contribution in [2.45, 2.75) is 25.7 Å². The number of hydrogen-bond acceptors (Lipinski definition) is 4. The maximum Gasteiger partial charge on any atom is 0.332 e. The van der Waals surface area contributed by atoms with Crippen LogP contribution in [0.3, 0.4) is 0 Å². The van der Waals surface area contributed by atoms with Crippen molar-refractivity contribution in [1.29, 1.82) is 0 Å². The first-order chi connectivity index (χ1) is 17.0. The topological polar surface area (TPSA) is 52.6 Å². The molecular formula is C30H25ClO4. The largest absolute Gasteiger partial charge is 0.465 e. The lowest BCUT2D eigenvalue weighted by molar-refractivity contribution is -0.162. The average Bonchev–Trinajstić information content (AvgIpc) is 3.16. The Balaban J connectivity index is 1.92. The first-order valence-electron chi connectivity index (χ1n) is 11.8. The summed E-state index contributed by atoms with van der Waals surface area (Å²) in [5.41, 5.74) is 3.30. The molecule has 0 heterocycles. The zero-order valence-corrected chi connectivity index (χ0v) is 20.4. The minimum Gasteiger partial charge on any atom is -0.465 e. The molecule has 0 atom stereocenters. The zero-order valence-electron chi connectivity index (χ0n) is 19.6. The van der Waals surface area contributed by atoms with Crippen LogP contribution in [-0.2, 0) is 30.9 Å². The number of fused-ring (bicyclic) bond motifs is 4. The molecule has 0 saturated carbocycles. The molecule has 0 saturated heterocycles. The van der Waals surface area contributed by atoms with Gasteiger partial charge in [0.15, 0.2) is 0 Å². The Hall–Kier alpha value is -3.63. The molecule has 0 aromatic heterocycles. The normalized spacial score (nSPS) is 13.2. The van der Waals surface area contributed by atoms with Crippen LogP contribution in [0.4, 0.5) is 0 Å². The summed E-state index contributed by atoms with van der Waals surface area (Å²) in [6.07, 6.45) is 0.608. The molecule has 4 nitrogen and oxygen atoms in total. The van der Waals surface area contributed by atoms with Crippen LogP contribution in [0.15, 0.2) is 78.9 Å². The van der Waals surface area contributed by atoms with Gasteiger partial charge in [0.2, 0.25) is 5.41 Å². The molecule has 35 heavy (non-hydrogen) atoms. The van der Waals surface area contributed by atoms with E-state index in [0.717, 1.165) is 33.0 Å². The molecule has 0 spiro atoms. The highest BCUT2D eigenvalue weighted by molar-refractivity contribution is 6.31. The highest BCUT2D eigenvalue weighted by Gasteiger charge is 2.58. The van der Waals surface area contributed by atoms with Crippen LogP contribution in [-0.4, -0.2) is 25.2 Å². The van der Waals surface area contributed by atoms with Crippen LogP contribution in [0.1, 0.15) is 36.1 Å². The Labute approximate surface area is 209 Å². The molecule has 0 unspecified atom stereocenters.